The first-order valence-electron chi connectivity index (χ1n) is 40.8. The van der Waals surface area contributed by atoms with Crippen LogP contribution in [0.3, 0.4) is 0 Å². The third-order valence-corrected chi connectivity index (χ3v) is 20.3. The first-order valence-corrected chi connectivity index (χ1v) is 43.8. The Labute approximate surface area is 600 Å². The van der Waals surface area contributed by atoms with Crippen molar-refractivity contribution in [1.82, 2.24) is 0 Å². The molecule has 0 aromatic heterocycles. The fraction of sp³-hybridized carbons (Fsp3) is 0.949. The Morgan fingerprint density at radius 2 is 0.469 bits per heavy atom. The largest absolute Gasteiger partial charge is 0.472 e. The highest BCUT2D eigenvalue weighted by molar-refractivity contribution is 7.47. The van der Waals surface area contributed by atoms with Crippen LogP contribution in [0, 0.1) is 17.8 Å². The zero-order valence-corrected chi connectivity index (χ0v) is 66.0. The van der Waals surface area contributed by atoms with Gasteiger partial charge >= 0.3 is 39.5 Å². The van der Waals surface area contributed by atoms with Crippen molar-refractivity contribution in [3.05, 3.63) is 0 Å². The van der Waals surface area contributed by atoms with E-state index in [1.54, 1.807) is 0 Å². The van der Waals surface area contributed by atoms with Gasteiger partial charge in [0.15, 0.2) is 12.2 Å². The van der Waals surface area contributed by atoms with Gasteiger partial charge in [0.2, 0.25) is 0 Å². The van der Waals surface area contributed by atoms with Gasteiger partial charge < -0.3 is 33.8 Å². The van der Waals surface area contributed by atoms with Crippen molar-refractivity contribution in [3.8, 4) is 0 Å². The second-order valence-corrected chi connectivity index (χ2v) is 32.8. The maximum Gasteiger partial charge on any atom is 0.472 e. The summed E-state index contributed by atoms with van der Waals surface area (Å²) in [7, 11) is -9.91. The topological polar surface area (TPSA) is 237 Å². The zero-order chi connectivity index (χ0) is 72.3. The van der Waals surface area contributed by atoms with Crippen LogP contribution in [-0.4, -0.2) is 96.7 Å². The normalized spacial score (nSPS) is 14.0. The maximum atomic E-state index is 13.1. The van der Waals surface area contributed by atoms with Crippen molar-refractivity contribution in [2.24, 2.45) is 17.8 Å². The highest BCUT2D eigenvalue weighted by Crippen LogP contribution is 2.45. The maximum absolute atomic E-state index is 13.1. The number of hydrogen-bond acceptors (Lipinski definition) is 15. The highest BCUT2D eigenvalue weighted by Gasteiger charge is 2.30. The monoisotopic (exact) mass is 1440 g/mol. The summed E-state index contributed by atoms with van der Waals surface area (Å²) in [6.07, 6.45) is 57.3. The minimum atomic E-state index is -4.96. The van der Waals surface area contributed by atoms with E-state index in [2.05, 4.69) is 48.5 Å². The first-order chi connectivity index (χ1) is 47.2. The lowest BCUT2D eigenvalue weighted by molar-refractivity contribution is -0.161. The molecule has 0 bridgehead atoms. The lowest BCUT2D eigenvalue weighted by Crippen LogP contribution is -2.30. The van der Waals surface area contributed by atoms with Gasteiger partial charge in [0.25, 0.3) is 0 Å². The predicted molar refractivity (Wildman–Crippen MR) is 400 cm³/mol. The lowest BCUT2D eigenvalue weighted by Gasteiger charge is -2.21. The summed E-state index contributed by atoms with van der Waals surface area (Å²) in [5.74, 6) is 0.231. The van der Waals surface area contributed by atoms with Crippen LogP contribution in [0.25, 0.3) is 0 Å². The number of esters is 4. The predicted octanol–water partition coefficient (Wildman–Crippen LogP) is 23.4. The number of ether oxygens (including phenoxy) is 4. The Morgan fingerprint density at radius 1 is 0.276 bits per heavy atom. The number of aliphatic hydroxyl groups excluding tert-OH is 1. The van der Waals surface area contributed by atoms with Gasteiger partial charge in [0, 0.05) is 25.7 Å². The van der Waals surface area contributed by atoms with Gasteiger partial charge in [-0.1, -0.05) is 357 Å². The summed E-state index contributed by atoms with van der Waals surface area (Å²) in [4.78, 5) is 72.7. The second kappa shape index (κ2) is 69.4. The third kappa shape index (κ3) is 72.4. The van der Waals surface area contributed by atoms with Crippen LogP contribution in [0.15, 0.2) is 0 Å². The summed E-state index contributed by atoms with van der Waals surface area (Å²) < 4.78 is 68.5. The van der Waals surface area contributed by atoms with Crippen LogP contribution in [-0.2, 0) is 65.4 Å². The SMILES string of the molecule is CCCCCCCCCC(=O)OC[C@H](COP(=O)(O)OC[C@H](O)COP(=O)(O)OC[C@@H](COC(=O)CCCCCCCCCCCCCCCCCCC(C)C)OC(=O)CCCCCCCCCCCCCCCCCCCCC(C)C)OC(=O)CCCCCCCCCCC(C)C. The first kappa shape index (κ1) is 96.1. The highest BCUT2D eigenvalue weighted by atomic mass is 31.2. The fourth-order valence-electron chi connectivity index (χ4n) is 12.1. The molecular formula is C79H154O17P2. The summed E-state index contributed by atoms with van der Waals surface area (Å²) in [5, 5.41) is 10.6. The van der Waals surface area contributed by atoms with Crippen molar-refractivity contribution in [2.45, 2.75) is 426 Å². The summed E-state index contributed by atoms with van der Waals surface area (Å²) >= 11 is 0. The molecule has 0 radical (unpaired) electrons. The molecule has 17 nitrogen and oxygen atoms in total. The third-order valence-electron chi connectivity index (χ3n) is 18.4. The summed E-state index contributed by atoms with van der Waals surface area (Å²) in [5.41, 5.74) is 0. The number of carbonyl (C=O) groups is 4. The zero-order valence-electron chi connectivity index (χ0n) is 64.3. The second-order valence-electron chi connectivity index (χ2n) is 29.9. The Balaban J connectivity index is 5.16. The van der Waals surface area contributed by atoms with Gasteiger partial charge in [-0.3, -0.25) is 37.3 Å². The summed E-state index contributed by atoms with van der Waals surface area (Å²) in [6.45, 7) is 11.9. The Kier molecular flexibility index (Phi) is 68.1. The molecule has 0 spiro atoms. The number of carbonyl (C=O) groups excluding carboxylic acids is 4. The Bertz CT molecular complexity index is 1900. The molecule has 0 heterocycles. The molecule has 0 aliphatic heterocycles. The van der Waals surface area contributed by atoms with E-state index in [4.69, 9.17) is 37.0 Å². The molecule has 0 fully saturated rings. The fourth-order valence-corrected chi connectivity index (χ4v) is 13.7. The molecule has 0 aromatic rings. The lowest BCUT2D eigenvalue weighted by atomic mass is 10.0. The molecule has 0 aromatic carbocycles. The summed E-state index contributed by atoms with van der Waals surface area (Å²) in [6, 6.07) is 0. The van der Waals surface area contributed by atoms with E-state index in [1.807, 2.05) is 0 Å². The molecule has 0 saturated carbocycles. The van der Waals surface area contributed by atoms with E-state index in [0.717, 1.165) is 120 Å². The Morgan fingerprint density at radius 3 is 0.694 bits per heavy atom. The molecular weight excluding hydrogens is 1280 g/mol. The average molecular weight is 1440 g/mol. The molecule has 5 atom stereocenters. The van der Waals surface area contributed by atoms with Crippen molar-refractivity contribution >= 4 is 39.5 Å². The molecule has 0 aliphatic rings. The van der Waals surface area contributed by atoms with Gasteiger partial charge in [-0.2, -0.15) is 0 Å². The molecule has 582 valence electrons. The quantitative estimate of drug-likeness (QED) is 0.0222. The van der Waals surface area contributed by atoms with Crippen LogP contribution in [0.1, 0.15) is 408 Å². The van der Waals surface area contributed by atoms with E-state index >= 15 is 0 Å². The molecule has 0 amide bonds. The van der Waals surface area contributed by atoms with Crippen molar-refractivity contribution in [1.29, 1.82) is 0 Å². The van der Waals surface area contributed by atoms with Crippen molar-refractivity contribution in [2.75, 3.05) is 39.6 Å². The number of hydrogen-bond donors (Lipinski definition) is 3. The smallest absolute Gasteiger partial charge is 0.462 e. The van der Waals surface area contributed by atoms with Crippen molar-refractivity contribution in [3.63, 3.8) is 0 Å². The van der Waals surface area contributed by atoms with Crippen molar-refractivity contribution < 1.29 is 80.2 Å². The van der Waals surface area contributed by atoms with Gasteiger partial charge in [-0.25, -0.2) is 9.13 Å². The number of unbranched alkanes of at least 4 members (excludes halogenated alkanes) is 45. The van der Waals surface area contributed by atoms with Gasteiger partial charge in [0.05, 0.1) is 26.4 Å². The van der Waals surface area contributed by atoms with Gasteiger partial charge in [-0.05, 0) is 43.4 Å². The van der Waals surface area contributed by atoms with Crippen LogP contribution < -0.4 is 0 Å². The number of aliphatic hydroxyl groups is 1. The van der Waals surface area contributed by atoms with Crippen LogP contribution in [0.2, 0.25) is 0 Å². The molecule has 0 saturated heterocycles. The van der Waals surface area contributed by atoms with Crippen LogP contribution in [0.4, 0.5) is 0 Å². The number of rotatable bonds is 77. The minimum absolute atomic E-state index is 0.104. The average Bonchev–Trinajstić information content (AvgIpc) is 1.06. The minimum Gasteiger partial charge on any atom is -0.462 e. The van der Waals surface area contributed by atoms with E-state index in [9.17, 15) is 43.2 Å². The van der Waals surface area contributed by atoms with E-state index in [0.29, 0.717) is 25.7 Å². The standard InChI is InChI=1S/C79H154O17P2/c1-8-9-10-11-36-46-53-60-76(81)89-66-74(96-79(84)63-56-49-42-35-34-39-45-52-59-72(6)7)68-93-97(85,86)91-64-73(80)65-92-98(87,88)94-69-75(67-90-77(82)61-54-47-40-32-28-24-20-17-16-19-23-27-31-38-44-51-58-71(4)5)95-78(83)62-55-48-41-33-29-25-21-15-13-12-14-18-22-26-30-37-43-50-57-70(2)3/h70-75,80H,8-69H2,1-7H3,(H,85,86)(H,87,88)/t73-,74+,75+/m0/s1. The molecule has 0 aliphatic carbocycles. The Hall–Kier alpha value is -1.94. The van der Waals surface area contributed by atoms with E-state index in [-0.39, 0.29) is 25.7 Å². The number of phosphoric acid groups is 2. The van der Waals surface area contributed by atoms with Gasteiger partial charge in [-0.15, -0.1) is 0 Å². The van der Waals surface area contributed by atoms with E-state index < -0.39 is 97.5 Å². The van der Waals surface area contributed by atoms with Gasteiger partial charge in [0.1, 0.15) is 19.3 Å². The molecule has 3 N–H and O–H groups in total. The molecule has 98 heavy (non-hydrogen) atoms. The molecule has 2 unspecified atom stereocenters. The number of phosphoric ester groups is 2. The van der Waals surface area contributed by atoms with Crippen LogP contribution >= 0.6 is 15.6 Å². The van der Waals surface area contributed by atoms with Crippen LogP contribution in [0.5, 0.6) is 0 Å². The molecule has 19 heteroatoms. The van der Waals surface area contributed by atoms with E-state index in [1.165, 1.54) is 205 Å². The molecule has 0 rings (SSSR count).